The predicted octanol–water partition coefficient (Wildman–Crippen LogP) is 3.62. The highest BCUT2D eigenvalue weighted by atomic mass is 32.2. The van der Waals surface area contributed by atoms with Crippen LogP contribution in [0.5, 0.6) is 5.75 Å². The largest absolute Gasteiger partial charge is 0.497 e. The fourth-order valence-corrected chi connectivity index (χ4v) is 4.70. The van der Waals surface area contributed by atoms with Crippen molar-refractivity contribution in [1.82, 2.24) is 15.1 Å². The third-order valence-electron chi connectivity index (χ3n) is 5.44. The molecule has 0 saturated carbocycles. The van der Waals surface area contributed by atoms with Gasteiger partial charge in [-0.2, -0.15) is 13.2 Å². The molecule has 4 rings (SSSR count). The van der Waals surface area contributed by atoms with E-state index in [9.17, 15) is 26.4 Å². The Morgan fingerprint density at radius 1 is 1.06 bits per heavy atom. The molecule has 1 aliphatic rings. The quantitative estimate of drug-likeness (QED) is 0.516. The summed E-state index contributed by atoms with van der Waals surface area (Å²) in [6.45, 7) is 0.309. The van der Waals surface area contributed by atoms with Crippen LogP contribution in [-0.4, -0.2) is 61.3 Å². The Kier molecular flexibility index (Phi) is 6.70. The van der Waals surface area contributed by atoms with E-state index in [1.54, 1.807) is 36.4 Å². The molecule has 1 aromatic heterocycles. The van der Waals surface area contributed by atoms with Gasteiger partial charge >= 0.3 is 18.1 Å². The lowest BCUT2D eigenvalue weighted by molar-refractivity contribution is -0.156. The number of halogens is 3. The van der Waals surface area contributed by atoms with Crippen LogP contribution in [-0.2, 0) is 22.6 Å². The smallest absolute Gasteiger partial charge is 0.470 e. The minimum Gasteiger partial charge on any atom is -0.497 e. The number of amides is 2. The van der Waals surface area contributed by atoms with Crippen LogP contribution in [0.1, 0.15) is 11.5 Å². The van der Waals surface area contributed by atoms with Crippen molar-refractivity contribution in [2.45, 2.75) is 12.7 Å². The van der Waals surface area contributed by atoms with Crippen molar-refractivity contribution < 1.29 is 35.5 Å². The maximum absolute atomic E-state index is 13.3. The number of alkyl halides is 3. The van der Waals surface area contributed by atoms with Gasteiger partial charge in [-0.05, 0) is 42.0 Å². The Balaban J connectivity index is 1.56. The zero-order chi connectivity index (χ0) is 25.2. The Hall–Kier alpha value is -3.61. The molecule has 2 amide bonds. The molecule has 0 aliphatic carbocycles. The van der Waals surface area contributed by atoms with Crippen LogP contribution in [0, 0.1) is 0 Å². The third-order valence-corrected chi connectivity index (χ3v) is 7.05. The van der Waals surface area contributed by atoms with Crippen molar-refractivity contribution in [2.75, 3.05) is 36.6 Å². The lowest BCUT2D eigenvalue weighted by Gasteiger charge is -2.33. The van der Waals surface area contributed by atoms with Crippen molar-refractivity contribution in [3.8, 4) is 17.2 Å². The number of urea groups is 1. The monoisotopic (exact) mass is 510 g/mol. The number of rotatable bonds is 5. The van der Waals surface area contributed by atoms with Crippen molar-refractivity contribution in [2.24, 2.45) is 0 Å². The highest BCUT2D eigenvalue weighted by Gasteiger charge is 2.38. The number of hydrogen-bond acceptors (Lipinski definition) is 7. The van der Waals surface area contributed by atoms with E-state index in [-0.39, 0.29) is 43.1 Å². The van der Waals surface area contributed by atoms with E-state index in [1.807, 2.05) is 0 Å². The van der Waals surface area contributed by atoms with E-state index in [0.29, 0.717) is 22.6 Å². The van der Waals surface area contributed by atoms with Gasteiger partial charge in [-0.15, -0.1) is 10.2 Å². The number of methoxy groups -OCH3 is 1. The van der Waals surface area contributed by atoms with Crippen LogP contribution in [0.2, 0.25) is 0 Å². The van der Waals surface area contributed by atoms with Crippen LogP contribution < -0.4 is 9.64 Å². The number of benzene rings is 2. The summed E-state index contributed by atoms with van der Waals surface area (Å²) in [5.74, 6) is -1.31. The second-order valence-corrected chi connectivity index (χ2v) is 10.1. The Morgan fingerprint density at radius 3 is 2.23 bits per heavy atom. The van der Waals surface area contributed by atoms with Crippen LogP contribution in [0.15, 0.2) is 52.9 Å². The molecule has 13 heteroatoms. The third kappa shape index (κ3) is 5.73. The Morgan fingerprint density at radius 2 is 1.69 bits per heavy atom. The van der Waals surface area contributed by atoms with Gasteiger partial charge in [-0.1, -0.05) is 12.1 Å². The zero-order valence-corrected chi connectivity index (χ0v) is 19.3. The van der Waals surface area contributed by atoms with Crippen LogP contribution >= 0.6 is 0 Å². The summed E-state index contributed by atoms with van der Waals surface area (Å²) >= 11 is 0. The maximum atomic E-state index is 13.3. The second-order valence-electron chi connectivity index (χ2n) is 7.81. The van der Waals surface area contributed by atoms with E-state index in [1.165, 1.54) is 29.0 Å². The summed E-state index contributed by atoms with van der Waals surface area (Å²) in [6, 6.07) is 12.8. The zero-order valence-electron chi connectivity index (χ0n) is 18.5. The van der Waals surface area contributed by atoms with Crippen LogP contribution in [0.4, 0.5) is 23.7 Å². The van der Waals surface area contributed by atoms with Crippen molar-refractivity contribution >= 4 is 21.6 Å². The number of nitrogens with zero attached hydrogens (tertiary/aromatic N) is 4. The van der Waals surface area contributed by atoms with Crippen LogP contribution in [0.3, 0.4) is 0 Å². The molecule has 0 N–H and O–H groups in total. The molecule has 0 bridgehead atoms. The van der Waals surface area contributed by atoms with Gasteiger partial charge in [0.25, 0.3) is 0 Å². The first kappa shape index (κ1) is 24.5. The van der Waals surface area contributed by atoms with Gasteiger partial charge in [-0.25, -0.2) is 13.2 Å². The van der Waals surface area contributed by atoms with Crippen molar-refractivity contribution in [3.63, 3.8) is 0 Å². The molecule has 0 unspecified atom stereocenters. The van der Waals surface area contributed by atoms with Gasteiger partial charge in [-0.3, -0.25) is 4.90 Å². The molecule has 2 heterocycles. The molecular weight excluding hydrogens is 489 g/mol. The van der Waals surface area contributed by atoms with Gasteiger partial charge in [0.1, 0.15) is 5.75 Å². The van der Waals surface area contributed by atoms with Gasteiger partial charge in [0, 0.05) is 24.3 Å². The second kappa shape index (κ2) is 9.56. The highest BCUT2D eigenvalue weighted by molar-refractivity contribution is 7.91. The molecular formula is C22H21F3N4O5S. The highest BCUT2D eigenvalue weighted by Crippen LogP contribution is 2.30. The number of ether oxygens (including phenoxy) is 1. The SMILES string of the molecule is COc1ccc(N(Cc2ccc(-c3nnc(C(F)(F)F)o3)cc2)C(=O)N2CCS(=O)(=O)CC2)cc1. The van der Waals surface area contributed by atoms with E-state index in [0.717, 1.165) is 0 Å². The fourth-order valence-electron chi connectivity index (χ4n) is 3.50. The molecule has 1 saturated heterocycles. The van der Waals surface area contributed by atoms with Gasteiger partial charge < -0.3 is 14.1 Å². The summed E-state index contributed by atoms with van der Waals surface area (Å²) < 4.78 is 71.6. The molecule has 9 nitrogen and oxygen atoms in total. The average Bonchev–Trinajstić information content (AvgIpc) is 3.34. The first-order valence-electron chi connectivity index (χ1n) is 10.5. The summed E-state index contributed by atoms with van der Waals surface area (Å²) in [4.78, 5) is 16.3. The van der Waals surface area contributed by atoms with E-state index in [2.05, 4.69) is 10.2 Å². The molecule has 3 aromatic rings. The molecule has 0 atom stereocenters. The predicted molar refractivity (Wildman–Crippen MR) is 120 cm³/mol. The standard InChI is InChI=1S/C22H21F3N4O5S/c1-33-18-8-6-17(7-9-18)29(21(30)28-10-12-35(31,32)13-11-28)14-15-2-4-16(5-3-15)19-26-27-20(34-19)22(23,24)25/h2-9H,10-14H2,1H3. The van der Waals surface area contributed by atoms with E-state index in [4.69, 9.17) is 9.15 Å². The first-order chi connectivity index (χ1) is 16.6. The summed E-state index contributed by atoms with van der Waals surface area (Å²) in [5.41, 5.74) is 1.54. The minimum absolute atomic E-state index is 0.0888. The average molecular weight is 510 g/mol. The molecule has 0 radical (unpaired) electrons. The summed E-state index contributed by atoms with van der Waals surface area (Å²) in [6.07, 6.45) is -4.74. The Labute approximate surface area is 199 Å². The van der Waals surface area contributed by atoms with Gasteiger partial charge in [0.2, 0.25) is 5.89 Å². The first-order valence-corrected chi connectivity index (χ1v) is 12.3. The topological polar surface area (TPSA) is 106 Å². The minimum atomic E-state index is -4.74. The Bertz CT molecular complexity index is 1280. The van der Waals surface area contributed by atoms with Crippen molar-refractivity contribution in [3.05, 3.63) is 60.0 Å². The molecule has 1 aliphatic heterocycles. The lowest BCUT2D eigenvalue weighted by Crippen LogP contribution is -2.49. The maximum Gasteiger partial charge on any atom is 0.470 e. The molecule has 186 valence electrons. The lowest BCUT2D eigenvalue weighted by atomic mass is 10.1. The number of carbonyl (C=O) groups excluding carboxylic acids is 1. The van der Waals surface area contributed by atoms with Crippen molar-refractivity contribution in [1.29, 1.82) is 0 Å². The van der Waals surface area contributed by atoms with E-state index >= 15 is 0 Å². The fraction of sp³-hybridized carbons (Fsp3) is 0.318. The summed E-state index contributed by atoms with van der Waals surface area (Å²) in [7, 11) is -1.64. The number of anilines is 1. The van der Waals surface area contributed by atoms with Gasteiger partial charge in [0.15, 0.2) is 9.84 Å². The molecule has 0 spiro atoms. The number of hydrogen-bond donors (Lipinski definition) is 0. The normalized spacial score (nSPS) is 15.6. The summed E-state index contributed by atoms with van der Waals surface area (Å²) in [5, 5.41) is 6.46. The van der Waals surface area contributed by atoms with Crippen LogP contribution in [0.25, 0.3) is 11.5 Å². The van der Waals surface area contributed by atoms with Gasteiger partial charge in [0.05, 0.1) is 25.2 Å². The molecule has 2 aromatic carbocycles. The van der Waals surface area contributed by atoms with E-state index < -0.39 is 21.9 Å². The number of sulfone groups is 1. The number of carbonyl (C=O) groups is 1. The molecule has 1 fully saturated rings. The molecule has 35 heavy (non-hydrogen) atoms. The number of aromatic nitrogens is 2.